The highest BCUT2D eigenvalue weighted by atomic mass is 35.5. The second kappa shape index (κ2) is 8.03. The van der Waals surface area contributed by atoms with Crippen molar-refractivity contribution in [1.82, 2.24) is 4.72 Å². The molecule has 2 N–H and O–H groups in total. The molecular weight excluding hydrogens is 372 g/mol. The number of hydrogen-bond acceptors (Lipinski definition) is 3. The molecule has 0 aromatic heterocycles. The molecule has 1 amide bonds. The van der Waals surface area contributed by atoms with Crippen molar-refractivity contribution in [1.29, 1.82) is 0 Å². The van der Waals surface area contributed by atoms with E-state index in [1.165, 1.54) is 18.2 Å². The molecule has 0 aliphatic carbocycles. The number of rotatable bonds is 5. The van der Waals surface area contributed by atoms with E-state index in [1.807, 2.05) is 12.1 Å². The minimum absolute atomic E-state index is 0.136. The quantitative estimate of drug-likeness (QED) is 0.753. The molecule has 0 heterocycles. The molecular formula is C19H21ClN2O3S. The number of amides is 1. The first-order chi connectivity index (χ1) is 12.1. The average molecular weight is 393 g/mol. The highest BCUT2D eigenvalue weighted by Gasteiger charge is 2.21. The zero-order valence-electron chi connectivity index (χ0n) is 14.8. The van der Waals surface area contributed by atoms with Gasteiger partial charge in [0.2, 0.25) is 15.9 Å². The Labute approximate surface area is 159 Å². The van der Waals surface area contributed by atoms with Crippen molar-refractivity contribution in [3.8, 4) is 0 Å². The van der Waals surface area contributed by atoms with E-state index in [-0.39, 0.29) is 10.8 Å². The molecule has 5 nitrogen and oxygen atoms in total. The number of carbonyl (C=O) groups excluding carboxylic acids is 1. The Kier molecular flexibility index (Phi) is 6.23. The molecule has 0 aliphatic heterocycles. The summed E-state index contributed by atoms with van der Waals surface area (Å²) in [6.45, 7) is 5.30. The fourth-order valence-electron chi connectivity index (χ4n) is 2.14. The number of anilines is 1. The molecule has 0 fully saturated rings. The van der Waals surface area contributed by atoms with Gasteiger partial charge in [-0.3, -0.25) is 4.79 Å². The molecule has 7 heteroatoms. The van der Waals surface area contributed by atoms with Gasteiger partial charge in [0.1, 0.15) is 0 Å². The molecule has 0 atom stereocenters. The van der Waals surface area contributed by atoms with Crippen molar-refractivity contribution < 1.29 is 13.2 Å². The number of benzene rings is 2. The van der Waals surface area contributed by atoms with E-state index in [1.54, 1.807) is 51.1 Å². The normalized spacial score (nSPS) is 12.3. The summed E-state index contributed by atoms with van der Waals surface area (Å²) >= 11 is 6.03. The van der Waals surface area contributed by atoms with Crippen LogP contribution < -0.4 is 10.0 Å². The summed E-state index contributed by atoms with van der Waals surface area (Å²) in [6, 6.07) is 13.1. The molecule has 0 spiro atoms. The van der Waals surface area contributed by atoms with E-state index in [4.69, 9.17) is 11.6 Å². The number of sulfonamides is 1. The molecule has 0 saturated carbocycles. The van der Waals surface area contributed by atoms with Crippen LogP contribution >= 0.6 is 11.6 Å². The summed E-state index contributed by atoms with van der Waals surface area (Å²) < 4.78 is 27.1. The van der Waals surface area contributed by atoms with Crippen molar-refractivity contribution in [2.75, 3.05) is 5.32 Å². The van der Waals surface area contributed by atoms with Crippen LogP contribution in [0.5, 0.6) is 0 Å². The summed E-state index contributed by atoms with van der Waals surface area (Å²) in [7, 11) is -3.61. The van der Waals surface area contributed by atoms with Crippen LogP contribution in [0.15, 0.2) is 59.5 Å². The maximum absolute atomic E-state index is 12.3. The molecule has 2 aromatic rings. The van der Waals surface area contributed by atoms with E-state index in [2.05, 4.69) is 10.0 Å². The van der Waals surface area contributed by atoms with Gasteiger partial charge in [0.05, 0.1) is 4.90 Å². The fourth-order valence-corrected chi connectivity index (χ4v) is 3.76. The summed E-state index contributed by atoms with van der Waals surface area (Å²) in [5.41, 5.74) is 0.655. The predicted octanol–water partition coefficient (Wildman–Crippen LogP) is 4.07. The Morgan fingerprint density at radius 1 is 1.04 bits per heavy atom. The van der Waals surface area contributed by atoms with Crippen LogP contribution in [-0.2, 0) is 14.8 Å². The Hall–Kier alpha value is -2.15. The van der Waals surface area contributed by atoms with Gasteiger partial charge in [-0.05, 0) is 62.7 Å². The van der Waals surface area contributed by atoms with Crippen molar-refractivity contribution >= 4 is 39.3 Å². The van der Waals surface area contributed by atoms with Gasteiger partial charge in [0.25, 0.3) is 0 Å². The van der Waals surface area contributed by atoms with E-state index in [0.29, 0.717) is 10.7 Å². The number of carbonyl (C=O) groups is 1. The topological polar surface area (TPSA) is 75.3 Å². The number of nitrogens with one attached hydrogen (secondary N) is 2. The molecule has 26 heavy (non-hydrogen) atoms. The lowest BCUT2D eigenvalue weighted by atomic mass is 10.1. The number of halogens is 1. The Balaban J connectivity index is 2.05. The fraction of sp³-hybridized carbons (Fsp3) is 0.211. The average Bonchev–Trinajstić information content (AvgIpc) is 2.52. The third-order valence-corrected chi connectivity index (χ3v) is 5.31. The lowest BCUT2D eigenvalue weighted by Crippen LogP contribution is -2.40. The van der Waals surface area contributed by atoms with E-state index in [0.717, 1.165) is 5.56 Å². The van der Waals surface area contributed by atoms with E-state index >= 15 is 0 Å². The van der Waals surface area contributed by atoms with Gasteiger partial charge >= 0.3 is 0 Å². The van der Waals surface area contributed by atoms with Crippen LogP contribution in [0.2, 0.25) is 5.02 Å². The summed E-state index contributed by atoms with van der Waals surface area (Å²) in [5, 5.41) is 3.23. The third-order valence-electron chi connectivity index (χ3n) is 3.19. The van der Waals surface area contributed by atoms with Crippen LogP contribution in [0, 0.1) is 0 Å². The van der Waals surface area contributed by atoms with Gasteiger partial charge in [-0.1, -0.05) is 29.8 Å². The second-order valence-corrected chi connectivity index (χ2v) is 8.81. The summed E-state index contributed by atoms with van der Waals surface area (Å²) in [6.07, 6.45) is 2.98. The minimum Gasteiger partial charge on any atom is -0.323 e. The lowest BCUT2D eigenvalue weighted by molar-refractivity contribution is -0.111. The Morgan fingerprint density at radius 2 is 1.65 bits per heavy atom. The smallest absolute Gasteiger partial charge is 0.248 e. The molecule has 2 aromatic carbocycles. The first-order valence-corrected chi connectivity index (χ1v) is 9.81. The first-order valence-electron chi connectivity index (χ1n) is 7.94. The van der Waals surface area contributed by atoms with Crippen LogP contribution in [0.25, 0.3) is 6.08 Å². The highest BCUT2D eigenvalue weighted by molar-refractivity contribution is 7.89. The second-order valence-electron chi connectivity index (χ2n) is 6.72. The molecule has 0 aliphatic rings. The van der Waals surface area contributed by atoms with Crippen molar-refractivity contribution in [2.24, 2.45) is 0 Å². The van der Waals surface area contributed by atoms with Crippen LogP contribution in [0.3, 0.4) is 0 Å². The van der Waals surface area contributed by atoms with Gasteiger partial charge in [0, 0.05) is 22.3 Å². The van der Waals surface area contributed by atoms with Crippen LogP contribution in [0.1, 0.15) is 26.3 Å². The molecule has 0 bridgehead atoms. The maximum Gasteiger partial charge on any atom is 0.248 e. The molecule has 0 radical (unpaired) electrons. The summed E-state index contributed by atoms with van der Waals surface area (Å²) in [4.78, 5) is 12.1. The zero-order valence-corrected chi connectivity index (χ0v) is 16.4. The van der Waals surface area contributed by atoms with Gasteiger partial charge in [0.15, 0.2) is 0 Å². The Morgan fingerprint density at radius 3 is 2.23 bits per heavy atom. The van der Waals surface area contributed by atoms with Crippen LogP contribution in [-0.4, -0.2) is 19.9 Å². The first kappa shape index (κ1) is 20.2. The maximum atomic E-state index is 12.3. The predicted molar refractivity (Wildman–Crippen MR) is 106 cm³/mol. The zero-order chi connectivity index (χ0) is 19.4. The molecule has 138 valence electrons. The summed E-state index contributed by atoms with van der Waals surface area (Å²) in [5.74, 6) is -0.339. The van der Waals surface area contributed by atoms with Crippen molar-refractivity contribution in [2.45, 2.75) is 31.2 Å². The molecule has 2 rings (SSSR count). The van der Waals surface area contributed by atoms with Gasteiger partial charge in [-0.25, -0.2) is 13.1 Å². The third kappa shape index (κ3) is 5.98. The SMILES string of the molecule is CC(C)(C)NS(=O)(=O)c1ccc(NC(=O)/C=C/c2ccccc2Cl)cc1. The van der Waals surface area contributed by atoms with Crippen molar-refractivity contribution in [3.05, 3.63) is 65.2 Å². The molecule has 0 saturated heterocycles. The standard InChI is InChI=1S/C19H21ClN2O3S/c1-19(2,3)22-26(24,25)16-11-9-15(10-12-16)21-18(23)13-8-14-6-4-5-7-17(14)20/h4-13,22H,1-3H3,(H,21,23)/b13-8+. The largest absolute Gasteiger partial charge is 0.323 e. The van der Waals surface area contributed by atoms with E-state index in [9.17, 15) is 13.2 Å². The number of hydrogen-bond donors (Lipinski definition) is 2. The van der Waals surface area contributed by atoms with Crippen LogP contribution in [0.4, 0.5) is 5.69 Å². The molecule has 0 unspecified atom stereocenters. The minimum atomic E-state index is -3.61. The monoisotopic (exact) mass is 392 g/mol. The highest BCUT2D eigenvalue weighted by Crippen LogP contribution is 2.18. The van der Waals surface area contributed by atoms with Gasteiger partial charge in [-0.2, -0.15) is 0 Å². The van der Waals surface area contributed by atoms with Crippen molar-refractivity contribution in [3.63, 3.8) is 0 Å². The lowest BCUT2D eigenvalue weighted by Gasteiger charge is -2.20. The van der Waals surface area contributed by atoms with Gasteiger partial charge in [-0.15, -0.1) is 0 Å². The van der Waals surface area contributed by atoms with Gasteiger partial charge < -0.3 is 5.32 Å². The van der Waals surface area contributed by atoms with E-state index < -0.39 is 15.6 Å². The Bertz CT molecular complexity index is 915.